The van der Waals surface area contributed by atoms with Crippen LogP contribution in [0, 0.1) is 5.82 Å². The standard InChI is InChI=1S/C17H11FN4/c18-13-3-1-12(2-4-13)15-14(11-5-7-19-8-6-11)16-17(22-15)21-10-9-20-16/h1-10H,(H,21,22). The van der Waals surface area contributed by atoms with E-state index in [1.807, 2.05) is 12.1 Å². The van der Waals surface area contributed by atoms with Gasteiger partial charge in [-0.15, -0.1) is 0 Å². The topological polar surface area (TPSA) is 54.5 Å². The fourth-order valence-corrected chi connectivity index (χ4v) is 2.54. The van der Waals surface area contributed by atoms with Crippen molar-refractivity contribution in [3.63, 3.8) is 0 Å². The molecule has 0 atom stereocenters. The minimum absolute atomic E-state index is 0.262. The number of fused-ring (bicyclic) bond motifs is 1. The van der Waals surface area contributed by atoms with E-state index in [4.69, 9.17) is 0 Å². The van der Waals surface area contributed by atoms with Crippen molar-refractivity contribution < 1.29 is 4.39 Å². The van der Waals surface area contributed by atoms with Crippen molar-refractivity contribution in [3.05, 3.63) is 67.0 Å². The molecule has 0 aliphatic heterocycles. The van der Waals surface area contributed by atoms with Crippen molar-refractivity contribution in [2.45, 2.75) is 0 Å². The second-order valence-corrected chi connectivity index (χ2v) is 4.87. The van der Waals surface area contributed by atoms with Gasteiger partial charge in [0.05, 0.1) is 5.69 Å². The molecule has 0 aliphatic carbocycles. The molecule has 4 rings (SSSR count). The zero-order chi connectivity index (χ0) is 14.9. The molecule has 0 unspecified atom stereocenters. The van der Waals surface area contributed by atoms with Crippen LogP contribution in [0.4, 0.5) is 4.39 Å². The van der Waals surface area contributed by atoms with Gasteiger partial charge in [-0.05, 0) is 47.5 Å². The first kappa shape index (κ1) is 12.6. The van der Waals surface area contributed by atoms with E-state index in [0.717, 1.165) is 27.9 Å². The van der Waals surface area contributed by atoms with Gasteiger partial charge in [-0.1, -0.05) is 0 Å². The normalized spacial score (nSPS) is 11.0. The molecule has 0 saturated heterocycles. The maximum absolute atomic E-state index is 13.2. The summed E-state index contributed by atoms with van der Waals surface area (Å²) in [6.07, 6.45) is 6.77. The maximum atomic E-state index is 13.2. The van der Waals surface area contributed by atoms with Crippen LogP contribution in [0.5, 0.6) is 0 Å². The predicted octanol–water partition coefficient (Wildman–Crippen LogP) is 3.83. The molecule has 0 aliphatic rings. The molecular formula is C17H11FN4. The van der Waals surface area contributed by atoms with Crippen LogP contribution in [-0.2, 0) is 0 Å². The summed E-state index contributed by atoms with van der Waals surface area (Å²) in [6, 6.07) is 10.2. The summed E-state index contributed by atoms with van der Waals surface area (Å²) in [5.41, 5.74) is 5.17. The number of aromatic amines is 1. The van der Waals surface area contributed by atoms with E-state index in [1.54, 1.807) is 36.9 Å². The minimum atomic E-state index is -0.262. The fourth-order valence-electron chi connectivity index (χ4n) is 2.54. The zero-order valence-electron chi connectivity index (χ0n) is 11.5. The first-order valence-electron chi connectivity index (χ1n) is 6.82. The minimum Gasteiger partial charge on any atom is -0.337 e. The first-order chi connectivity index (χ1) is 10.8. The van der Waals surface area contributed by atoms with Crippen LogP contribution >= 0.6 is 0 Å². The SMILES string of the molecule is Fc1ccc(-c2[nH]c3nccnc3c2-c2ccncc2)cc1. The molecule has 1 N–H and O–H groups in total. The molecule has 0 radical (unpaired) electrons. The molecule has 22 heavy (non-hydrogen) atoms. The van der Waals surface area contributed by atoms with E-state index in [-0.39, 0.29) is 5.82 Å². The highest BCUT2D eigenvalue weighted by molar-refractivity contribution is 5.99. The third-order valence-electron chi connectivity index (χ3n) is 3.53. The molecule has 0 saturated carbocycles. The highest BCUT2D eigenvalue weighted by atomic mass is 19.1. The number of nitrogens with zero attached hydrogens (tertiary/aromatic N) is 3. The first-order valence-corrected chi connectivity index (χ1v) is 6.82. The molecule has 3 aromatic heterocycles. The lowest BCUT2D eigenvalue weighted by molar-refractivity contribution is 0.628. The Morgan fingerprint density at radius 1 is 0.773 bits per heavy atom. The van der Waals surface area contributed by atoms with Gasteiger partial charge in [-0.25, -0.2) is 9.37 Å². The molecule has 4 nitrogen and oxygen atoms in total. The van der Waals surface area contributed by atoms with Crippen molar-refractivity contribution in [1.82, 2.24) is 19.9 Å². The second kappa shape index (κ2) is 5.04. The molecule has 0 amide bonds. The summed E-state index contributed by atoms with van der Waals surface area (Å²) in [4.78, 5) is 16.1. The van der Waals surface area contributed by atoms with Gasteiger partial charge in [0.2, 0.25) is 0 Å². The third kappa shape index (κ3) is 2.03. The van der Waals surface area contributed by atoms with E-state index in [0.29, 0.717) is 5.65 Å². The van der Waals surface area contributed by atoms with Crippen molar-refractivity contribution in [2.75, 3.05) is 0 Å². The van der Waals surface area contributed by atoms with Crippen molar-refractivity contribution in [3.8, 4) is 22.4 Å². The number of pyridine rings is 1. The molecule has 4 aromatic rings. The van der Waals surface area contributed by atoms with E-state index < -0.39 is 0 Å². The van der Waals surface area contributed by atoms with Crippen LogP contribution in [0.1, 0.15) is 0 Å². The number of rotatable bonds is 2. The summed E-state index contributed by atoms with van der Waals surface area (Å²) < 4.78 is 13.2. The Balaban J connectivity index is 2.04. The Morgan fingerprint density at radius 3 is 2.27 bits per heavy atom. The van der Waals surface area contributed by atoms with Gasteiger partial charge < -0.3 is 4.98 Å². The average Bonchev–Trinajstić information content (AvgIpc) is 2.96. The Bertz CT molecular complexity index is 930. The molecule has 0 bridgehead atoms. The highest BCUT2D eigenvalue weighted by Gasteiger charge is 2.16. The Hall–Kier alpha value is -3.08. The monoisotopic (exact) mass is 290 g/mol. The summed E-state index contributed by atoms with van der Waals surface area (Å²) >= 11 is 0. The van der Waals surface area contributed by atoms with Crippen LogP contribution < -0.4 is 0 Å². The van der Waals surface area contributed by atoms with Crippen LogP contribution in [0.25, 0.3) is 33.5 Å². The number of nitrogens with one attached hydrogen (secondary N) is 1. The number of hydrogen-bond acceptors (Lipinski definition) is 3. The lowest BCUT2D eigenvalue weighted by atomic mass is 10.0. The largest absolute Gasteiger partial charge is 0.337 e. The fraction of sp³-hybridized carbons (Fsp3) is 0. The highest BCUT2D eigenvalue weighted by Crippen LogP contribution is 2.36. The van der Waals surface area contributed by atoms with E-state index >= 15 is 0 Å². The summed E-state index contributed by atoms with van der Waals surface area (Å²) in [5, 5.41) is 0. The number of H-pyrrole nitrogens is 1. The Morgan fingerprint density at radius 2 is 1.50 bits per heavy atom. The number of benzene rings is 1. The lowest BCUT2D eigenvalue weighted by Gasteiger charge is -2.04. The van der Waals surface area contributed by atoms with Gasteiger partial charge in [0.15, 0.2) is 5.65 Å². The van der Waals surface area contributed by atoms with Crippen LogP contribution in [0.15, 0.2) is 61.2 Å². The van der Waals surface area contributed by atoms with Crippen molar-refractivity contribution in [1.29, 1.82) is 0 Å². The second-order valence-electron chi connectivity index (χ2n) is 4.87. The van der Waals surface area contributed by atoms with E-state index in [2.05, 4.69) is 19.9 Å². The average molecular weight is 290 g/mol. The van der Waals surface area contributed by atoms with Gasteiger partial charge in [0, 0.05) is 30.4 Å². The quantitative estimate of drug-likeness (QED) is 0.610. The Kier molecular flexibility index (Phi) is 2.89. The van der Waals surface area contributed by atoms with Crippen LogP contribution in [0.2, 0.25) is 0 Å². The molecule has 106 valence electrons. The zero-order valence-corrected chi connectivity index (χ0v) is 11.5. The summed E-state index contributed by atoms with van der Waals surface area (Å²) in [7, 11) is 0. The molecule has 3 heterocycles. The van der Waals surface area contributed by atoms with Gasteiger partial charge in [-0.3, -0.25) is 9.97 Å². The van der Waals surface area contributed by atoms with Crippen LogP contribution in [-0.4, -0.2) is 19.9 Å². The number of halogens is 1. The Labute approximate surface area is 125 Å². The molecule has 0 spiro atoms. The van der Waals surface area contributed by atoms with Crippen molar-refractivity contribution in [2.24, 2.45) is 0 Å². The molecule has 5 heteroatoms. The smallest absolute Gasteiger partial charge is 0.157 e. The number of aromatic nitrogens is 4. The lowest BCUT2D eigenvalue weighted by Crippen LogP contribution is -1.84. The summed E-state index contributed by atoms with van der Waals surface area (Å²) in [6.45, 7) is 0. The molecule has 1 aromatic carbocycles. The van der Waals surface area contributed by atoms with E-state index in [1.165, 1.54) is 12.1 Å². The summed E-state index contributed by atoms with van der Waals surface area (Å²) in [5.74, 6) is -0.262. The van der Waals surface area contributed by atoms with Crippen LogP contribution in [0.3, 0.4) is 0 Å². The van der Waals surface area contributed by atoms with Gasteiger partial charge in [0.25, 0.3) is 0 Å². The van der Waals surface area contributed by atoms with E-state index in [9.17, 15) is 4.39 Å². The van der Waals surface area contributed by atoms with Gasteiger partial charge in [0.1, 0.15) is 11.3 Å². The number of hydrogen-bond donors (Lipinski definition) is 1. The molecule has 0 fully saturated rings. The van der Waals surface area contributed by atoms with Crippen molar-refractivity contribution >= 4 is 11.2 Å². The van der Waals surface area contributed by atoms with Gasteiger partial charge >= 0.3 is 0 Å². The van der Waals surface area contributed by atoms with Gasteiger partial charge in [-0.2, -0.15) is 0 Å². The predicted molar refractivity (Wildman–Crippen MR) is 82.5 cm³/mol. The third-order valence-corrected chi connectivity index (χ3v) is 3.53. The maximum Gasteiger partial charge on any atom is 0.157 e. The molecular weight excluding hydrogens is 279 g/mol.